The number of carbonyl (C=O) groups is 1. The molecular weight excluding hydrogens is 228 g/mol. The summed E-state index contributed by atoms with van der Waals surface area (Å²) in [5.74, 6) is 0.0817. The van der Waals surface area contributed by atoms with Crippen LogP contribution in [0.3, 0.4) is 0 Å². The van der Waals surface area contributed by atoms with Gasteiger partial charge in [0, 0.05) is 25.7 Å². The van der Waals surface area contributed by atoms with Crippen molar-refractivity contribution >= 4 is 5.91 Å². The third-order valence-corrected chi connectivity index (χ3v) is 3.21. The summed E-state index contributed by atoms with van der Waals surface area (Å²) in [6, 6.07) is 2.20. The molecule has 1 fully saturated rings. The van der Waals surface area contributed by atoms with E-state index in [0.717, 1.165) is 37.4 Å². The lowest BCUT2D eigenvalue weighted by molar-refractivity contribution is 0.0707. The molecule has 5 heteroatoms. The minimum absolute atomic E-state index is 0.0817. The van der Waals surface area contributed by atoms with Gasteiger partial charge in [-0.2, -0.15) is 10.2 Å². The van der Waals surface area contributed by atoms with Gasteiger partial charge in [0.2, 0.25) is 0 Å². The highest BCUT2D eigenvalue weighted by atomic mass is 16.2. The zero-order valence-electron chi connectivity index (χ0n) is 11.2. The molecular formula is C13H20N4O. The molecule has 1 aliphatic heterocycles. The molecule has 0 aliphatic carbocycles. The SMILES string of the molecule is CCc1nnc(C)cc1C(=O)N1CCN[C@@H](C)C1. The van der Waals surface area contributed by atoms with Gasteiger partial charge in [-0.05, 0) is 26.3 Å². The summed E-state index contributed by atoms with van der Waals surface area (Å²) in [6.07, 6.45) is 0.732. The van der Waals surface area contributed by atoms with Gasteiger partial charge in [0.15, 0.2) is 0 Å². The van der Waals surface area contributed by atoms with Gasteiger partial charge < -0.3 is 10.2 Å². The lowest BCUT2D eigenvalue weighted by Crippen LogP contribution is -2.51. The molecule has 0 aromatic carbocycles. The highest BCUT2D eigenvalue weighted by Gasteiger charge is 2.23. The first kappa shape index (κ1) is 13.0. The molecule has 2 rings (SSSR count). The van der Waals surface area contributed by atoms with Gasteiger partial charge in [-0.25, -0.2) is 0 Å². The molecule has 1 amide bonds. The Balaban J connectivity index is 2.24. The number of hydrogen-bond donors (Lipinski definition) is 1. The van der Waals surface area contributed by atoms with E-state index in [1.165, 1.54) is 0 Å². The van der Waals surface area contributed by atoms with E-state index in [-0.39, 0.29) is 5.91 Å². The molecule has 1 aromatic rings. The number of hydrogen-bond acceptors (Lipinski definition) is 4. The lowest BCUT2D eigenvalue weighted by atomic mass is 10.1. The number of nitrogens with zero attached hydrogens (tertiary/aromatic N) is 3. The molecule has 98 valence electrons. The maximum Gasteiger partial charge on any atom is 0.255 e. The van der Waals surface area contributed by atoms with E-state index in [1.54, 1.807) is 0 Å². The van der Waals surface area contributed by atoms with Crippen molar-refractivity contribution in [1.82, 2.24) is 20.4 Å². The van der Waals surface area contributed by atoms with E-state index < -0.39 is 0 Å². The van der Waals surface area contributed by atoms with Crippen molar-refractivity contribution in [3.63, 3.8) is 0 Å². The van der Waals surface area contributed by atoms with Crippen LogP contribution in [0.25, 0.3) is 0 Å². The van der Waals surface area contributed by atoms with Crippen LogP contribution in [0.5, 0.6) is 0 Å². The standard InChI is InChI=1S/C13H20N4O/c1-4-12-11(7-9(2)15-16-12)13(18)17-6-5-14-10(3)8-17/h7,10,14H,4-6,8H2,1-3H3/t10-/m0/s1. The van der Waals surface area contributed by atoms with Gasteiger partial charge in [0.1, 0.15) is 0 Å². The largest absolute Gasteiger partial charge is 0.336 e. The van der Waals surface area contributed by atoms with Crippen LogP contribution in [0.2, 0.25) is 0 Å². The van der Waals surface area contributed by atoms with Crippen LogP contribution in [0.1, 0.15) is 35.6 Å². The molecule has 18 heavy (non-hydrogen) atoms. The van der Waals surface area contributed by atoms with E-state index in [9.17, 15) is 4.79 Å². The van der Waals surface area contributed by atoms with Crippen LogP contribution in [0.4, 0.5) is 0 Å². The van der Waals surface area contributed by atoms with E-state index in [4.69, 9.17) is 0 Å². The summed E-state index contributed by atoms with van der Waals surface area (Å²) < 4.78 is 0. The van der Waals surface area contributed by atoms with Crippen LogP contribution in [-0.2, 0) is 6.42 Å². The minimum Gasteiger partial charge on any atom is -0.336 e. The summed E-state index contributed by atoms with van der Waals surface area (Å²) in [4.78, 5) is 14.4. The quantitative estimate of drug-likeness (QED) is 0.840. The number of rotatable bonds is 2. The van der Waals surface area contributed by atoms with Crippen molar-refractivity contribution in [2.45, 2.75) is 33.2 Å². The first-order chi connectivity index (χ1) is 8.61. The molecule has 0 spiro atoms. The first-order valence-corrected chi connectivity index (χ1v) is 6.47. The molecule has 1 aromatic heterocycles. The lowest BCUT2D eigenvalue weighted by Gasteiger charge is -2.32. The number of piperazine rings is 1. The second-order valence-corrected chi connectivity index (χ2v) is 4.81. The molecule has 1 N–H and O–H groups in total. The van der Waals surface area contributed by atoms with Crippen molar-refractivity contribution in [3.05, 3.63) is 23.0 Å². The van der Waals surface area contributed by atoms with Gasteiger partial charge in [-0.1, -0.05) is 6.92 Å². The zero-order valence-corrected chi connectivity index (χ0v) is 11.2. The number of aryl methyl sites for hydroxylation is 2. The first-order valence-electron chi connectivity index (χ1n) is 6.47. The molecule has 0 radical (unpaired) electrons. The van der Waals surface area contributed by atoms with Gasteiger partial charge in [-0.15, -0.1) is 0 Å². The number of amides is 1. The fourth-order valence-corrected chi connectivity index (χ4v) is 2.25. The van der Waals surface area contributed by atoms with E-state index in [2.05, 4.69) is 22.4 Å². The third kappa shape index (κ3) is 2.67. The second kappa shape index (κ2) is 5.44. The molecule has 1 atom stereocenters. The Morgan fingerprint density at radius 3 is 3.00 bits per heavy atom. The summed E-state index contributed by atoms with van der Waals surface area (Å²) in [7, 11) is 0. The number of aromatic nitrogens is 2. The monoisotopic (exact) mass is 248 g/mol. The summed E-state index contributed by atoms with van der Waals surface area (Å²) in [6.45, 7) is 8.32. The van der Waals surface area contributed by atoms with Crippen molar-refractivity contribution in [3.8, 4) is 0 Å². The highest BCUT2D eigenvalue weighted by Crippen LogP contribution is 2.12. The smallest absolute Gasteiger partial charge is 0.255 e. The Morgan fingerprint density at radius 2 is 2.33 bits per heavy atom. The van der Waals surface area contributed by atoms with Gasteiger partial charge in [-0.3, -0.25) is 4.79 Å². The Labute approximate surface area is 108 Å². The summed E-state index contributed by atoms with van der Waals surface area (Å²) in [5.41, 5.74) is 2.29. The fourth-order valence-electron chi connectivity index (χ4n) is 2.25. The van der Waals surface area contributed by atoms with Crippen LogP contribution >= 0.6 is 0 Å². The molecule has 5 nitrogen and oxygen atoms in total. The van der Waals surface area contributed by atoms with Gasteiger partial charge >= 0.3 is 0 Å². The van der Waals surface area contributed by atoms with Crippen molar-refractivity contribution in [2.24, 2.45) is 0 Å². The number of nitrogens with one attached hydrogen (secondary N) is 1. The van der Waals surface area contributed by atoms with E-state index in [0.29, 0.717) is 11.6 Å². The molecule has 2 heterocycles. The van der Waals surface area contributed by atoms with Crippen LogP contribution in [0, 0.1) is 6.92 Å². The predicted octanol–water partition coefficient (Wildman–Crippen LogP) is 0.781. The molecule has 0 unspecified atom stereocenters. The molecule has 0 bridgehead atoms. The second-order valence-electron chi connectivity index (χ2n) is 4.81. The van der Waals surface area contributed by atoms with Gasteiger partial charge in [0.25, 0.3) is 5.91 Å². The fraction of sp³-hybridized carbons (Fsp3) is 0.615. The van der Waals surface area contributed by atoms with Crippen molar-refractivity contribution < 1.29 is 4.79 Å². The maximum atomic E-state index is 12.5. The minimum atomic E-state index is 0.0817. The summed E-state index contributed by atoms with van der Waals surface area (Å²) >= 11 is 0. The van der Waals surface area contributed by atoms with E-state index in [1.807, 2.05) is 24.8 Å². The van der Waals surface area contributed by atoms with Crippen molar-refractivity contribution in [2.75, 3.05) is 19.6 Å². The molecule has 1 aliphatic rings. The predicted molar refractivity (Wildman–Crippen MR) is 69.5 cm³/mol. The van der Waals surface area contributed by atoms with Crippen LogP contribution in [0.15, 0.2) is 6.07 Å². The van der Waals surface area contributed by atoms with E-state index >= 15 is 0 Å². The Hall–Kier alpha value is -1.49. The van der Waals surface area contributed by atoms with Crippen LogP contribution in [-0.4, -0.2) is 46.7 Å². The maximum absolute atomic E-state index is 12.5. The number of carbonyl (C=O) groups excluding carboxylic acids is 1. The molecule has 0 saturated carbocycles. The topological polar surface area (TPSA) is 58.1 Å². The highest BCUT2D eigenvalue weighted by molar-refractivity contribution is 5.95. The third-order valence-electron chi connectivity index (χ3n) is 3.21. The Kier molecular flexibility index (Phi) is 3.91. The molecule has 1 saturated heterocycles. The zero-order chi connectivity index (χ0) is 13.1. The average molecular weight is 248 g/mol. The average Bonchev–Trinajstić information content (AvgIpc) is 2.38. The Morgan fingerprint density at radius 1 is 1.56 bits per heavy atom. The Bertz CT molecular complexity index is 447. The van der Waals surface area contributed by atoms with Gasteiger partial charge in [0.05, 0.1) is 17.0 Å². The normalized spacial score (nSPS) is 19.9. The summed E-state index contributed by atoms with van der Waals surface area (Å²) in [5, 5.41) is 11.5. The van der Waals surface area contributed by atoms with Crippen LogP contribution < -0.4 is 5.32 Å². The van der Waals surface area contributed by atoms with Crippen molar-refractivity contribution in [1.29, 1.82) is 0 Å².